The molecule has 1 aromatic carbocycles. The molecule has 0 atom stereocenters. The lowest BCUT2D eigenvalue weighted by Crippen LogP contribution is -2.28. The molecule has 0 spiro atoms. The summed E-state index contributed by atoms with van der Waals surface area (Å²) in [5.74, 6) is -1.50. The minimum Gasteiger partial charge on any atom is -0.481 e. The van der Waals surface area contributed by atoms with Crippen molar-refractivity contribution < 1.29 is 14.7 Å². The molecular formula is C12H14BrNO3. The lowest BCUT2D eigenvalue weighted by atomic mass is 10.1. The molecule has 0 aliphatic rings. The Morgan fingerprint density at radius 2 is 2.06 bits per heavy atom. The lowest BCUT2D eigenvalue weighted by molar-refractivity contribution is -0.143. The molecule has 0 fully saturated rings. The van der Waals surface area contributed by atoms with Crippen LogP contribution in [-0.2, 0) is 16.1 Å². The molecule has 1 aromatic rings. The van der Waals surface area contributed by atoms with Gasteiger partial charge in [0.1, 0.15) is 6.42 Å². The molecule has 0 radical (unpaired) electrons. The van der Waals surface area contributed by atoms with E-state index in [2.05, 4.69) is 15.9 Å². The van der Waals surface area contributed by atoms with Crippen LogP contribution in [0.2, 0.25) is 0 Å². The van der Waals surface area contributed by atoms with E-state index in [1.165, 1.54) is 4.90 Å². The summed E-state index contributed by atoms with van der Waals surface area (Å²) in [5.41, 5.74) is 2.07. The van der Waals surface area contributed by atoms with Crippen molar-refractivity contribution >= 4 is 27.8 Å². The van der Waals surface area contributed by atoms with Crippen LogP contribution in [-0.4, -0.2) is 28.9 Å². The van der Waals surface area contributed by atoms with E-state index in [-0.39, 0.29) is 0 Å². The summed E-state index contributed by atoms with van der Waals surface area (Å²) in [5, 5.41) is 8.54. The Hall–Kier alpha value is -1.36. The molecule has 0 saturated heterocycles. The molecule has 0 heterocycles. The van der Waals surface area contributed by atoms with Gasteiger partial charge in [-0.1, -0.05) is 22.0 Å². The van der Waals surface area contributed by atoms with Crippen LogP contribution in [0.5, 0.6) is 0 Å². The topological polar surface area (TPSA) is 57.6 Å². The largest absolute Gasteiger partial charge is 0.481 e. The number of hydrogen-bond donors (Lipinski definition) is 1. The normalized spacial score (nSPS) is 10.1. The van der Waals surface area contributed by atoms with Gasteiger partial charge in [-0.25, -0.2) is 0 Å². The quantitative estimate of drug-likeness (QED) is 0.867. The van der Waals surface area contributed by atoms with Crippen LogP contribution in [0.25, 0.3) is 0 Å². The highest BCUT2D eigenvalue weighted by atomic mass is 79.9. The van der Waals surface area contributed by atoms with Gasteiger partial charge in [0, 0.05) is 18.1 Å². The van der Waals surface area contributed by atoms with Gasteiger partial charge in [-0.05, 0) is 30.2 Å². The van der Waals surface area contributed by atoms with Crippen LogP contribution in [0, 0.1) is 6.92 Å². The Kier molecular flexibility index (Phi) is 4.69. The van der Waals surface area contributed by atoms with Gasteiger partial charge in [-0.3, -0.25) is 9.59 Å². The molecule has 0 unspecified atom stereocenters. The summed E-state index contributed by atoms with van der Waals surface area (Å²) in [6, 6.07) is 5.81. The van der Waals surface area contributed by atoms with E-state index in [9.17, 15) is 9.59 Å². The van der Waals surface area contributed by atoms with Crippen LogP contribution in [0.15, 0.2) is 22.7 Å². The van der Waals surface area contributed by atoms with E-state index in [4.69, 9.17) is 5.11 Å². The van der Waals surface area contributed by atoms with E-state index in [1.54, 1.807) is 7.05 Å². The van der Waals surface area contributed by atoms with Crippen molar-refractivity contribution in [1.82, 2.24) is 4.90 Å². The van der Waals surface area contributed by atoms with Crippen LogP contribution in [0.1, 0.15) is 17.5 Å². The molecule has 1 N–H and O–H groups in total. The minimum absolute atomic E-state index is 0.392. The molecule has 0 bridgehead atoms. The molecule has 0 aliphatic carbocycles. The number of amides is 1. The molecule has 1 amide bonds. The zero-order chi connectivity index (χ0) is 13.0. The fraction of sp³-hybridized carbons (Fsp3) is 0.333. The monoisotopic (exact) mass is 299 g/mol. The number of aryl methyl sites for hydroxylation is 1. The number of nitrogens with zero attached hydrogens (tertiary/aromatic N) is 1. The number of hydrogen-bond acceptors (Lipinski definition) is 2. The van der Waals surface area contributed by atoms with Crippen molar-refractivity contribution in [3.63, 3.8) is 0 Å². The number of halogens is 1. The number of benzene rings is 1. The number of carbonyl (C=O) groups excluding carboxylic acids is 1. The van der Waals surface area contributed by atoms with Gasteiger partial charge in [0.2, 0.25) is 5.91 Å². The molecular weight excluding hydrogens is 286 g/mol. The maximum atomic E-state index is 11.5. The Labute approximate surface area is 108 Å². The van der Waals surface area contributed by atoms with Gasteiger partial charge < -0.3 is 10.0 Å². The Morgan fingerprint density at radius 1 is 1.41 bits per heavy atom. The van der Waals surface area contributed by atoms with Gasteiger partial charge in [-0.2, -0.15) is 0 Å². The van der Waals surface area contributed by atoms with Crippen LogP contribution < -0.4 is 0 Å². The zero-order valence-corrected chi connectivity index (χ0v) is 11.3. The summed E-state index contributed by atoms with van der Waals surface area (Å²) >= 11 is 3.37. The molecule has 1 rings (SSSR count). The molecule has 0 aliphatic heterocycles. The van der Waals surface area contributed by atoms with Crippen molar-refractivity contribution in [2.45, 2.75) is 19.9 Å². The first-order valence-electron chi connectivity index (χ1n) is 5.11. The molecule has 0 saturated carbocycles. The predicted molar refractivity (Wildman–Crippen MR) is 67.6 cm³/mol. The summed E-state index contributed by atoms with van der Waals surface area (Å²) in [6.07, 6.45) is -0.469. The molecule has 5 heteroatoms. The summed E-state index contributed by atoms with van der Waals surface area (Å²) in [4.78, 5) is 23.3. The maximum Gasteiger partial charge on any atom is 0.312 e. The Bertz CT molecular complexity index is 445. The van der Waals surface area contributed by atoms with E-state index < -0.39 is 18.3 Å². The average Bonchev–Trinajstić information content (AvgIpc) is 2.22. The van der Waals surface area contributed by atoms with Crippen LogP contribution in [0.3, 0.4) is 0 Å². The predicted octanol–water partition coefficient (Wildman–Crippen LogP) is 2.19. The molecule has 4 nitrogen and oxygen atoms in total. The first-order chi connectivity index (χ1) is 7.90. The summed E-state index contributed by atoms with van der Waals surface area (Å²) in [6.45, 7) is 2.37. The van der Waals surface area contributed by atoms with Crippen molar-refractivity contribution in [2.75, 3.05) is 7.05 Å². The third-order valence-electron chi connectivity index (χ3n) is 2.45. The van der Waals surface area contributed by atoms with Gasteiger partial charge in [0.15, 0.2) is 0 Å². The fourth-order valence-corrected chi connectivity index (χ4v) is 1.83. The molecule has 92 valence electrons. The number of carboxylic acids is 1. The highest BCUT2D eigenvalue weighted by Gasteiger charge is 2.14. The maximum absolute atomic E-state index is 11.5. The first-order valence-corrected chi connectivity index (χ1v) is 5.90. The van der Waals surface area contributed by atoms with E-state index in [0.29, 0.717) is 6.54 Å². The SMILES string of the molecule is Cc1ccc(Br)cc1CN(C)C(=O)CC(=O)O. The van der Waals surface area contributed by atoms with Crippen LogP contribution in [0.4, 0.5) is 0 Å². The van der Waals surface area contributed by atoms with E-state index in [0.717, 1.165) is 15.6 Å². The van der Waals surface area contributed by atoms with Crippen LogP contribution >= 0.6 is 15.9 Å². The summed E-state index contributed by atoms with van der Waals surface area (Å²) < 4.78 is 0.942. The second-order valence-corrected chi connectivity index (χ2v) is 4.81. The van der Waals surface area contributed by atoms with Crippen molar-refractivity contribution in [3.8, 4) is 0 Å². The number of rotatable bonds is 4. The van der Waals surface area contributed by atoms with Gasteiger partial charge in [0.25, 0.3) is 0 Å². The second kappa shape index (κ2) is 5.82. The first kappa shape index (κ1) is 13.7. The van der Waals surface area contributed by atoms with Gasteiger partial charge in [-0.15, -0.1) is 0 Å². The third-order valence-corrected chi connectivity index (χ3v) is 2.94. The van der Waals surface area contributed by atoms with Crippen molar-refractivity contribution in [2.24, 2.45) is 0 Å². The lowest BCUT2D eigenvalue weighted by Gasteiger charge is -2.17. The zero-order valence-electron chi connectivity index (χ0n) is 9.74. The van der Waals surface area contributed by atoms with Gasteiger partial charge in [0.05, 0.1) is 0 Å². The average molecular weight is 300 g/mol. The number of aliphatic carboxylic acids is 1. The molecule has 0 aromatic heterocycles. The van der Waals surface area contributed by atoms with E-state index in [1.807, 2.05) is 25.1 Å². The van der Waals surface area contributed by atoms with Gasteiger partial charge >= 0.3 is 5.97 Å². The standard InChI is InChI=1S/C12H14BrNO3/c1-8-3-4-10(13)5-9(8)7-14(2)11(15)6-12(16)17/h3-5H,6-7H2,1-2H3,(H,16,17). The number of carboxylic acid groups (broad SMARTS) is 1. The number of carbonyl (C=O) groups is 2. The smallest absolute Gasteiger partial charge is 0.312 e. The van der Waals surface area contributed by atoms with Crippen molar-refractivity contribution in [3.05, 3.63) is 33.8 Å². The fourth-order valence-electron chi connectivity index (χ4n) is 1.42. The van der Waals surface area contributed by atoms with E-state index >= 15 is 0 Å². The Morgan fingerprint density at radius 3 is 2.65 bits per heavy atom. The highest BCUT2D eigenvalue weighted by molar-refractivity contribution is 9.10. The molecule has 17 heavy (non-hydrogen) atoms. The minimum atomic E-state index is -1.10. The Balaban J connectivity index is 2.73. The summed E-state index contributed by atoms with van der Waals surface area (Å²) in [7, 11) is 1.60. The highest BCUT2D eigenvalue weighted by Crippen LogP contribution is 2.17. The van der Waals surface area contributed by atoms with Crippen molar-refractivity contribution in [1.29, 1.82) is 0 Å². The second-order valence-electron chi connectivity index (χ2n) is 3.89. The third kappa shape index (κ3) is 4.19.